The van der Waals surface area contributed by atoms with Crippen LogP contribution < -0.4 is 5.32 Å². The molecule has 68 valence electrons. The maximum absolute atomic E-state index is 10.7. The Balaban J connectivity index is 2.29. The first kappa shape index (κ1) is 9.54. The van der Waals surface area contributed by atoms with E-state index in [-0.39, 0.29) is 5.75 Å². The van der Waals surface area contributed by atoms with Gasteiger partial charge in [-0.05, 0) is 11.4 Å². The van der Waals surface area contributed by atoms with Gasteiger partial charge in [0.1, 0.15) is 9.84 Å². The van der Waals surface area contributed by atoms with Crippen LogP contribution in [-0.2, 0) is 9.84 Å². The molecule has 1 rings (SSSR count). The van der Waals surface area contributed by atoms with Crippen LogP contribution in [0.15, 0.2) is 16.8 Å². The lowest BCUT2D eigenvalue weighted by atomic mass is 10.5. The first-order chi connectivity index (χ1) is 5.58. The number of sulfone groups is 1. The molecular weight excluding hydrogens is 194 g/mol. The number of nitrogens with one attached hydrogen (secondary N) is 1. The van der Waals surface area contributed by atoms with Crippen LogP contribution in [0, 0.1) is 0 Å². The maximum Gasteiger partial charge on any atom is 0.149 e. The fourth-order valence-corrected chi connectivity index (χ4v) is 1.83. The summed E-state index contributed by atoms with van der Waals surface area (Å²) in [7, 11) is -2.84. The van der Waals surface area contributed by atoms with Crippen LogP contribution in [0.25, 0.3) is 0 Å². The Kier molecular flexibility index (Phi) is 3.11. The van der Waals surface area contributed by atoms with E-state index in [0.29, 0.717) is 6.54 Å². The fraction of sp³-hybridized carbons (Fsp3) is 0.429. The number of anilines is 1. The molecule has 0 aliphatic carbocycles. The Hall–Kier alpha value is -0.550. The van der Waals surface area contributed by atoms with Crippen molar-refractivity contribution >= 4 is 26.9 Å². The van der Waals surface area contributed by atoms with Gasteiger partial charge in [0.25, 0.3) is 0 Å². The largest absolute Gasteiger partial charge is 0.383 e. The Morgan fingerprint density at radius 1 is 1.58 bits per heavy atom. The zero-order valence-electron chi connectivity index (χ0n) is 6.78. The summed E-state index contributed by atoms with van der Waals surface area (Å²) in [5, 5.41) is 6.91. The third kappa shape index (κ3) is 3.73. The van der Waals surface area contributed by atoms with E-state index in [4.69, 9.17) is 0 Å². The van der Waals surface area contributed by atoms with Crippen LogP contribution >= 0.6 is 11.3 Å². The van der Waals surface area contributed by atoms with E-state index < -0.39 is 9.84 Å². The van der Waals surface area contributed by atoms with Crippen molar-refractivity contribution in [3.05, 3.63) is 16.8 Å². The predicted molar refractivity (Wildman–Crippen MR) is 52.5 cm³/mol. The summed E-state index contributed by atoms with van der Waals surface area (Å²) >= 11 is 1.59. The summed E-state index contributed by atoms with van der Waals surface area (Å²) in [6.07, 6.45) is 1.24. The summed E-state index contributed by atoms with van der Waals surface area (Å²) in [5.74, 6) is 0.183. The normalized spacial score (nSPS) is 11.4. The average Bonchev–Trinajstić information content (AvgIpc) is 2.36. The summed E-state index contributed by atoms with van der Waals surface area (Å²) in [5.41, 5.74) is 0.989. The van der Waals surface area contributed by atoms with E-state index >= 15 is 0 Å². The van der Waals surface area contributed by atoms with Gasteiger partial charge in [-0.25, -0.2) is 8.42 Å². The molecule has 0 saturated carbocycles. The van der Waals surface area contributed by atoms with Crippen molar-refractivity contribution in [1.29, 1.82) is 0 Å². The van der Waals surface area contributed by atoms with Crippen LogP contribution in [-0.4, -0.2) is 27.0 Å². The standard InChI is InChI=1S/C7H11NO2S2/c1-12(9,10)5-3-8-7-2-4-11-6-7/h2,4,6,8H,3,5H2,1H3. The van der Waals surface area contributed by atoms with Crippen LogP contribution in [0.3, 0.4) is 0 Å². The molecule has 0 spiro atoms. The molecule has 0 atom stereocenters. The molecule has 3 nitrogen and oxygen atoms in total. The van der Waals surface area contributed by atoms with Crippen molar-refractivity contribution in [2.24, 2.45) is 0 Å². The Bertz CT molecular complexity index is 315. The van der Waals surface area contributed by atoms with E-state index in [1.54, 1.807) is 11.3 Å². The molecule has 1 N–H and O–H groups in total. The van der Waals surface area contributed by atoms with Gasteiger partial charge in [0.2, 0.25) is 0 Å². The van der Waals surface area contributed by atoms with E-state index in [0.717, 1.165) is 5.69 Å². The second-order valence-corrected chi connectivity index (χ2v) is 5.61. The molecule has 12 heavy (non-hydrogen) atoms. The fourth-order valence-electron chi connectivity index (χ4n) is 0.746. The highest BCUT2D eigenvalue weighted by molar-refractivity contribution is 7.90. The molecule has 0 unspecified atom stereocenters. The lowest BCUT2D eigenvalue weighted by Gasteiger charge is -2.01. The number of hydrogen-bond donors (Lipinski definition) is 1. The Labute approximate surface area is 76.3 Å². The third-order valence-electron chi connectivity index (χ3n) is 1.32. The van der Waals surface area contributed by atoms with Gasteiger partial charge in [0.15, 0.2) is 0 Å². The van der Waals surface area contributed by atoms with E-state index in [1.807, 2.05) is 16.8 Å². The average molecular weight is 205 g/mol. The molecule has 0 aromatic carbocycles. The van der Waals surface area contributed by atoms with Crippen molar-refractivity contribution in [3.8, 4) is 0 Å². The molecular formula is C7H11NO2S2. The highest BCUT2D eigenvalue weighted by Crippen LogP contribution is 2.10. The molecule has 0 aliphatic heterocycles. The maximum atomic E-state index is 10.7. The van der Waals surface area contributed by atoms with Gasteiger partial charge >= 0.3 is 0 Å². The van der Waals surface area contributed by atoms with Gasteiger partial charge in [0, 0.05) is 23.9 Å². The molecule has 0 aliphatic rings. The topological polar surface area (TPSA) is 46.2 Å². The summed E-state index contributed by atoms with van der Waals surface area (Å²) in [6, 6.07) is 1.92. The second-order valence-electron chi connectivity index (χ2n) is 2.57. The summed E-state index contributed by atoms with van der Waals surface area (Å²) in [6.45, 7) is 0.482. The molecule has 0 saturated heterocycles. The Morgan fingerprint density at radius 2 is 2.33 bits per heavy atom. The smallest absolute Gasteiger partial charge is 0.149 e. The number of hydrogen-bond acceptors (Lipinski definition) is 4. The molecule has 0 fully saturated rings. The van der Waals surface area contributed by atoms with Gasteiger partial charge in [-0.2, -0.15) is 11.3 Å². The summed E-state index contributed by atoms with van der Waals surface area (Å²) < 4.78 is 21.4. The minimum Gasteiger partial charge on any atom is -0.383 e. The highest BCUT2D eigenvalue weighted by atomic mass is 32.2. The molecule has 0 radical (unpaired) electrons. The molecule has 5 heteroatoms. The number of rotatable bonds is 4. The van der Waals surface area contributed by atoms with Crippen LogP contribution in [0.5, 0.6) is 0 Å². The van der Waals surface area contributed by atoms with Gasteiger partial charge in [-0.1, -0.05) is 0 Å². The minimum atomic E-state index is -2.84. The molecule has 0 bridgehead atoms. The predicted octanol–water partition coefficient (Wildman–Crippen LogP) is 1.20. The van der Waals surface area contributed by atoms with Crippen LogP contribution in [0.4, 0.5) is 5.69 Å². The zero-order valence-corrected chi connectivity index (χ0v) is 8.41. The van der Waals surface area contributed by atoms with E-state index in [2.05, 4.69) is 5.32 Å². The minimum absolute atomic E-state index is 0.183. The van der Waals surface area contributed by atoms with Gasteiger partial charge in [-0.15, -0.1) is 0 Å². The lowest BCUT2D eigenvalue weighted by Crippen LogP contribution is -2.13. The monoisotopic (exact) mass is 205 g/mol. The highest BCUT2D eigenvalue weighted by Gasteiger charge is 2.00. The molecule has 1 heterocycles. The van der Waals surface area contributed by atoms with Crippen molar-refractivity contribution in [3.63, 3.8) is 0 Å². The van der Waals surface area contributed by atoms with Gasteiger partial charge in [0.05, 0.1) is 5.75 Å². The molecule has 1 aromatic rings. The van der Waals surface area contributed by atoms with Crippen molar-refractivity contribution in [1.82, 2.24) is 0 Å². The van der Waals surface area contributed by atoms with Crippen molar-refractivity contribution < 1.29 is 8.42 Å². The summed E-state index contributed by atoms with van der Waals surface area (Å²) in [4.78, 5) is 0. The quantitative estimate of drug-likeness (QED) is 0.803. The van der Waals surface area contributed by atoms with E-state index in [9.17, 15) is 8.42 Å². The van der Waals surface area contributed by atoms with Gasteiger partial charge < -0.3 is 5.32 Å². The van der Waals surface area contributed by atoms with Crippen molar-refractivity contribution in [2.75, 3.05) is 23.9 Å². The SMILES string of the molecule is CS(=O)(=O)CCNc1ccsc1. The second kappa shape index (κ2) is 3.91. The van der Waals surface area contributed by atoms with Crippen LogP contribution in [0.2, 0.25) is 0 Å². The van der Waals surface area contributed by atoms with E-state index in [1.165, 1.54) is 6.26 Å². The zero-order chi connectivity index (χ0) is 9.03. The molecule has 0 amide bonds. The van der Waals surface area contributed by atoms with Crippen molar-refractivity contribution in [2.45, 2.75) is 0 Å². The first-order valence-electron chi connectivity index (χ1n) is 3.52. The lowest BCUT2D eigenvalue weighted by molar-refractivity contribution is 0.602. The van der Waals surface area contributed by atoms with Gasteiger partial charge in [-0.3, -0.25) is 0 Å². The number of thiophene rings is 1. The first-order valence-corrected chi connectivity index (χ1v) is 6.52. The third-order valence-corrected chi connectivity index (χ3v) is 2.95. The Morgan fingerprint density at radius 3 is 2.83 bits per heavy atom. The molecule has 1 aromatic heterocycles. The van der Waals surface area contributed by atoms with Crippen LogP contribution in [0.1, 0.15) is 0 Å².